The van der Waals surface area contributed by atoms with Gasteiger partial charge in [-0.25, -0.2) is 0 Å². The number of nitrogens with two attached hydrogens (primary N) is 1. The van der Waals surface area contributed by atoms with Gasteiger partial charge >= 0.3 is 0 Å². The normalized spacial score (nSPS) is 11.4. The van der Waals surface area contributed by atoms with Crippen molar-refractivity contribution in [1.29, 1.82) is 5.41 Å². The molecule has 154 valence electrons. The third-order valence-corrected chi connectivity index (χ3v) is 4.80. The molecular weight excluding hydrogens is 374 g/mol. The maximum absolute atomic E-state index is 13.1. The number of anilines is 2. The van der Waals surface area contributed by atoms with Gasteiger partial charge in [0.2, 0.25) is 5.91 Å². The Morgan fingerprint density at radius 1 is 1.00 bits per heavy atom. The minimum Gasteiger partial charge on any atom is -0.384 e. The van der Waals surface area contributed by atoms with Gasteiger partial charge in [0.1, 0.15) is 11.9 Å². The number of hydrogen-bond acceptors (Lipinski definition) is 4. The minimum absolute atomic E-state index is 0.0134. The van der Waals surface area contributed by atoms with Crippen LogP contribution in [-0.2, 0) is 11.3 Å². The minimum atomic E-state index is -0.575. The highest BCUT2D eigenvalue weighted by atomic mass is 16.2. The van der Waals surface area contributed by atoms with Crippen LogP contribution in [0, 0.1) is 5.41 Å². The summed E-state index contributed by atoms with van der Waals surface area (Å²) in [4.78, 5) is 15.1. The number of benzene rings is 3. The molecule has 6 nitrogen and oxygen atoms in total. The van der Waals surface area contributed by atoms with Crippen molar-refractivity contribution in [3.05, 3.63) is 95.6 Å². The average Bonchev–Trinajstić information content (AvgIpc) is 2.77. The van der Waals surface area contributed by atoms with Gasteiger partial charge in [0.05, 0.1) is 0 Å². The fourth-order valence-electron chi connectivity index (χ4n) is 3.09. The third kappa shape index (κ3) is 5.38. The predicted molar refractivity (Wildman–Crippen MR) is 123 cm³/mol. The van der Waals surface area contributed by atoms with Crippen molar-refractivity contribution in [2.45, 2.75) is 12.6 Å². The number of nitrogens with one attached hydrogen (secondary N) is 3. The largest absolute Gasteiger partial charge is 0.384 e. The molecule has 0 radical (unpaired) electrons. The van der Waals surface area contributed by atoms with Crippen LogP contribution in [0.25, 0.3) is 0 Å². The van der Waals surface area contributed by atoms with E-state index in [1.807, 2.05) is 85.7 Å². The molecule has 6 heteroatoms. The van der Waals surface area contributed by atoms with E-state index in [0.29, 0.717) is 12.1 Å². The summed E-state index contributed by atoms with van der Waals surface area (Å²) in [5.41, 5.74) is 9.92. The molecule has 0 aliphatic carbocycles. The first kappa shape index (κ1) is 20.9. The van der Waals surface area contributed by atoms with Gasteiger partial charge < -0.3 is 21.3 Å². The molecule has 0 saturated heterocycles. The number of nitrogens with zero attached hydrogens (tertiary/aromatic N) is 1. The lowest BCUT2D eigenvalue weighted by Gasteiger charge is -2.21. The molecule has 1 amide bonds. The van der Waals surface area contributed by atoms with Crippen LogP contribution < -0.4 is 21.3 Å². The fourth-order valence-corrected chi connectivity index (χ4v) is 3.09. The van der Waals surface area contributed by atoms with Gasteiger partial charge in [0, 0.05) is 37.6 Å². The van der Waals surface area contributed by atoms with Gasteiger partial charge in [-0.1, -0.05) is 54.6 Å². The van der Waals surface area contributed by atoms with E-state index in [1.165, 1.54) is 0 Å². The first-order chi connectivity index (χ1) is 14.4. The summed E-state index contributed by atoms with van der Waals surface area (Å²) in [5, 5.41) is 13.9. The molecule has 0 spiro atoms. The summed E-state index contributed by atoms with van der Waals surface area (Å²) in [6.07, 6.45) is 0. The number of carbonyl (C=O) groups excluding carboxylic acids is 1. The van der Waals surface area contributed by atoms with E-state index in [4.69, 9.17) is 11.1 Å². The van der Waals surface area contributed by atoms with Gasteiger partial charge in [-0.3, -0.25) is 10.2 Å². The number of carbonyl (C=O) groups is 1. The highest BCUT2D eigenvalue weighted by molar-refractivity contribution is 5.96. The molecule has 30 heavy (non-hydrogen) atoms. The van der Waals surface area contributed by atoms with Crippen LogP contribution >= 0.6 is 0 Å². The van der Waals surface area contributed by atoms with Crippen molar-refractivity contribution in [3.8, 4) is 0 Å². The van der Waals surface area contributed by atoms with Crippen molar-refractivity contribution in [3.63, 3.8) is 0 Å². The highest BCUT2D eigenvalue weighted by Gasteiger charge is 2.20. The molecule has 0 saturated carbocycles. The lowest BCUT2D eigenvalue weighted by atomic mass is 10.0. The van der Waals surface area contributed by atoms with Crippen LogP contribution in [0.4, 0.5) is 11.4 Å². The van der Waals surface area contributed by atoms with Crippen molar-refractivity contribution in [2.24, 2.45) is 5.73 Å². The molecule has 0 heterocycles. The Labute approximate surface area is 177 Å². The Kier molecular flexibility index (Phi) is 6.70. The maximum atomic E-state index is 13.1. The van der Waals surface area contributed by atoms with E-state index in [9.17, 15) is 4.79 Å². The molecule has 3 aromatic carbocycles. The number of hydrogen-bond donors (Lipinski definition) is 4. The lowest BCUT2D eigenvalue weighted by molar-refractivity contribution is -0.122. The number of amides is 1. The summed E-state index contributed by atoms with van der Waals surface area (Å²) in [5.74, 6) is -0.147. The van der Waals surface area contributed by atoms with Crippen molar-refractivity contribution in [1.82, 2.24) is 5.32 Å². The van der Waals surface area contributed by atoms with Crippen LogP contribution in [0.2, 0.25) is 0 Å². The van der Waals surface area contributed by atoms with Crippen LogP contribution in [0.3, 0.4) is 0 Å². The molecular formula is C24H27N5O. The topological polar surface area (TPSA) is 94.2 Å². The van der Waals surface area contributed by atoms with Crippen molar-refractivity contribution < 1.29 is 4.79 Å². The zero-order chi connectivity index (χ0) is 21.5. The van der Waals surface area contributed by atoms with Gasteiger partial charge in [0.25, 0.3) is 0 Å². The Bertz CT molecular complexity index is 1000. The molecule has 0 fully saturated rings. The highest BCUT2D eigenvalue weighted by Crippen LogP contribution is 2.21. The summed E-state index contributed by atoms with van der Waals surface area (Å²) in [7, 11) is 3.99. The second-order valence-electron chi connectivity index (χ2n) is 7.26. The standard InChI is InChI=1S/C24H27N5O/c1-29(2)21-13-11-17(12-14-21)16-27-24(30)22(18-7-4-3-5-8-18)28-20-10-6-9-19(15-20)23(25)26/h3-15,22,28H,16H2,1-2H3,(H3,25,26)(H,27,30). The zero-order valence-electron chi connectivity index (χ0n) is 17.2. The van der Waals surface area contributed by atoms with Crippen LogP contribution in [0.15, 0.2) is 78.9 Å². The first-order valence-corrected chi connectivity index (χ1v) is 9.74. The van der Waals surface area contributed by atoms with Gasteiger partial charge in [-0.05, 0) is 35.4 Å². The molecule has 0 aliphatic heterocycles. The van der Waals surface area contributed by atoms with E-state index in [2.05, 4.69) is 10.6 Å². The number of nitrogen functional groups attached to an aromatic ring is 1. The lowest BCUT2D eigenvalue weighted by Crippen LogP contribution is -2.33. The zero-order valence-corrected chi connectivity index (χ0v) is 17.2. The summed E-state index contributed by atoms with van der Waals surface area (Å²) < 4.78 is 0. The Morgan fingerprint density at radius 2 is 1.70 bits per heavy atom. The third-order valence-electron chi connectivity index (χ3n) is 4.80. The number of amidine groups is 1. The Hall–Kier alpha value is -3.80. The number of rotatable bonds is 8. The predicted octanol–water partition coefficient (Wildman–Crippen LogP) is 3.51. The molecule has 0 bridgehead atoms. The van der Waals surface area contributed by atoms with Crippen LogP contribution in [0.1, 0.15) is 22.7 Å². The van der Waals surface area contributed by atoms with E-state index < -0.39 is 6.04 Å². The summed E-state index contributed by atoms with van der Waals surface area (Å²) in [6.45, 7) is 0.436. The quantitative estimate of drug-likeness (QED) is 0.343. The molecule has 5 N–H and O–H groups in total. The van der Waals surface area contributed by atoms with Gasteiger partial charge in [-0.15, -0.1) is 0 Å². The van der Waals surface area contributed by atoms with E-state index in [-0.39, 0.29) is 11.7 Å². The van der Waals surface area contributed by atoms with Crippen LogP contribution in [-0.4, -0.2) is 25.8 Å². The SMILES string of the molecule is CN(C)c1ccc(CNC(=O)C(Nc2cccc(C(=N)N)c2)c2ccccc2)cc1. The van der Waals surface area contributed by atoms with E-state index >= 15 is 0 Å². The monoisotopic (exact) mass is 401 g/mol. The molecule has 3 rings (SSSR count). The molecule has 1 unspecified atom stereocenters. The summed E-state index contributed by atoms with van der Waals surface area (Å²) in [6, 6.07) is 24.3. The van der Waals surface area contributed by atoms with E-state index in [0.717, 1.165) is 22.5 Å². The Balaban J connectivity index is 1.76. The van der Waals surface area contributed by atoms with Crippen molar-refractivity contribution in [2.75, 3.05) is 24.3 Å². The average molecular weight is 402 g/mol. The van der Waals surface area contributed by atoms with Crippen molar-refractivity contribution >= 4 is 23.1 Å². The molecule has 3 aromatic rings. The smallest absolute Gasteiger partial charge is 0.247 e. The van der Waals surface area contributed by atoms with Gasteiger partial charge in [-0.2, -0.15) is 0 Å². The second kappa shape index (κ2) is 9.60. The fraction of sp³-hybridized carbons (Fsp3) is 0.167. The maximum Gasteiger partial charge on any atom is 0.247 e. The molecule has 0 aromatic heterocycles. The molecule has 1 atom stereocenters. The summed E-state index contributed by atoms with van der Waals surface area (Å²) >= 11 is 0. The Morgan fingerprint density at radius 3 is 2.33 bits per heavy atom. The second-order valence-corrected chi connectivity index (χ2v) is 7.26. The van der Waals surface area contributed by atoms with Crippen LogP contribution in [0.5, 0.6) is 0 Å². The first-order valence-electron chi connectivity index (χ1n) is 9.74. The van der Waals surface area contributed by atoms with E-state index in [1.54, 1.807) is 12.1 Å². The molecule has 0 aliphatic rings. The van der Waals surface area contributed by atoms with Gasteiger partial charge in [0.15, 0.2) is 0 Å².